The van der Waals surface area contributed by atoms with Crippen molar-refractivity contribution in [2.45, 2.75) is 52.4 Å². The van der Waals surface area contributed by atoms with Crippen LogP contribution >= 0.6 is 0 Å². The maximum atomic E-state index is 11.2. The molecule has 20 heavy (non-hydrogen) atoms. The van der Waals surface area contributed by atoms with Crippen LogP contribution in [0, 0.1) is 0 Å². The Bertz CT molecular complexity index is 286. The van der Waals surface area contributed by atoms with Crippen molar-refractivity contribution in [3.63, 3.8) is 0 Å². The molecule has 0 rings (SSSR count). The van der Waals surface area contributed by atoms with Gasteiger partial charge in [-0.1, -0.05) is 51.0 Å². The number of carbonyl (C=O) groups is 2. The van der Waals surface area contributed by atoms with Gasteiger partial charge in [-0.3, -0.25) is 9.59 Å². The van der Waals surface area contributed by atoms with Gasteiger partial charge in [-0.2, -0.15) is 0 Å². The van der Waals surface area contributed by atoms with Gasteiger partial charge in [0.05, 0.1) is 26.1 Å². The lowest BCUT2D eigenvalue weighted by Crippen LogP contribution is -2.04. The summed E-state index contributed by atoms with van der Waals surface area (Å²) >= 11 is 0. The van der Waals surface area contributed by atoms with Crippen molar-refractivity contribution in [2.24, 2.45) is 0 Å². The van der Waals surface area contributed by atoms with E-state index in [1.807, 2.05) is 13.8 Å². The van der Waals surface area contributed by atoms with Crippen LogP contribution in [0.25, 0.3) is 0 Å². The van der Waals surface area contributed by atoms with Gasteiger partial charge in [0.2, 0.25) is 0 Å². The highest BCUT2D eigenvalue weighted by molar-refractivity contribution is 5.71. The number of allylic oxidation sites excluding steroid dienone is 2. The van der Waals surface area contributed by atoms with Crippen LogP contribution in [0.3, 0.4) is 0 Å². The summed E-state index contributed by atoms with van der Waals surface area (Å²) < 4.78 is 9.99. The minimum Gasteiger partial charge on any atom is -0.465 e. The lowest BCUT2D eigenvalue weighted by molar-refractivity contribution is -0.143. The number of hydrogen-bond acceptors (Lipinski definition) is 4. The average molecular weight is 282 g/mol. The molecule has 0 aromatic carbocycles. The summed E-state index contributed by atoms with van der Waals surface area (Å²) in [6.07, 6.45) is 11.2. The molecule has 0 atom stereocenters. The van der Waals surface area contributed by atoms with E-state index in [1.54, 1.807) is 24.3 Å². The molecule has 0 saturated heterocycles. The van der Waals surface area contributed by atoms with Crippen molar-refractivity contribution in [1.29, 1.82) is 0 Å². The maximum absolute atomic E-state index is 11.2. The van der Waals surface area contributed by atoms with E-state index in [1.165, 1.54) is 0 Å². The first kappa shape index (κ1) is 18.4. The van der Waals surface area contributed by atoms with Crippen LogP contribution in [0.15, 0.2) is 24.3 Å². The van der Waals surface area contributed by atoms with E-state index in [-0.39, 0.29) is 24.8 Å². The highest BCUT2D eigenvalue weighted by Gasteiger charge is 1.98. The summed E-state index contributed by atoms with van der Waals surface area (Å²) in [4.78, 5) is 22.5. The zero-order valence-electron chi connectivity index (χ0n) is 12.6. The Kier molecular flexibility index (Phi) is 12.7. The maximum Gasteiger partial charge on any atom is 0.309 e. The zero-order chi connectivity index (χ0) is 15.1. The van der Waals surface area contributed by atoms with E-state index in [2.05, 4.69) is 0 Å². The second kappa shape index (κ2) is 13.8. The number of carbonyl (C=O) groups excluding carboxylic acids is 2. The molecular formula is C16H26O4. The third-order valence-corrected chi connectivity index (χ3v) is 2.47. The first-order valence-corrected chi connectivity index (χ1v) is 7.33. The molecule has 0 aliphatic carbocycles. The topological polar surface area (TPSA) is 52.6 Å². The van der Waals surface area contributed by atoms with Crippen molar-refractivity contribution in [3.8, 4) is 0 Å². The molecule has 0 aromatic rings. The van der Waals surface area contributed by atoms with Crippen LogP contribution in [0.4, 0.5) is 0 Å². The second-order valence-electron chi connectivity index (χ2n) is 4.41. The Morgan fingerprint density at radius 2 is 1.20 bits per heavy atom. The highest BCUT2D eigenvalue weighted by atomic mass is 16.5. The summed E-state index contributed by atoms with van der Waals surface area (Å²) in [5, 5.41) is 0. The molecule has 0 N–H and O–H groups in total. The Hall–Kier alpha value is -1.58. The van der Waals surface area contributed by atoms with Crippen LogP contribution in [0.1, 0.15) is 52.4 Å². The highest BCUT2D eigenvalue weighted by Crippen LogP contribution is 1.95. The molecule has 0 amide bonds. The SMILES string of the molecule is CCCCOC(=O)C/C=C/C=C/CC(=O)OCCCC. The van der Waals surface area contributed by atoms with Crippen LogP contribution in [-0.2, 0) is 19.1 Å². The van der Waals surface area contributed by atoms with Crippen LogP contribution in [0.5, 0.6) is 0 Å². The van der Waals surface area contributed by atoms with E-state index in [0.29, 0.717) is 13.2 Å². The number of rotatable bonds is 11. The largest absolute Gasteiger partial charge is 0.465 e. The van der Waals surface area contributed by atoms with Gasteiger partial charge in [0, 0.05) is 0 Å². The summed E-state index contributed by atoms with van der Waals surface area (Å²) in [5.74, 6) is -0.441. The van der Waals surface area contributed by atoms with E-state index in [0.717, 1.165) is 25.7 Å². The fraction of sp³-hybridized carbons (Fsp3) is 0.625. The van der Waals surface area contributed by atoms with Crippen LogP contribution in [0.2, 0.25) is 0 Å². The zero-order valence-corrected chi connectivity index (χ0v) is 12.6. The molecule has 0 fully saturated rings. The second-order valence-corrected chi connectivity index (χ2v) is 4.41. The van der Waals surface area contributed by atoms with E-state index in [9.17, 15) is 9.59 Å². The molecule has 0 aromatic heterocycles. The van der Waals surface area contributed by atoms with Gasteiger partial charge in [-0.15, -0.1) is 0 Å². The number of esters is 2. The summed E-state index contributed by atoms with van der Waals surface area (Å²) in [6, 6.07) is 0. The standard InChI is InChI=1S/C16H26O4/c1-3-5-13-19-15(17)11-9-7-8-10-12-16(18)20-14-6-4-2/h7-10H,3-6,11-14H2,1-2H3/b9-7+,10-8+. The third-order valence-electron chi connectivity index (χ3n) is 2.47. The first-order valence-electron chi connectivity index (χ1n) is 7.33. The molecule has 0 radical (unpaired) electrons. The minimum absolute atomic E-state index is 0.220. The van der Waals surface area contributed by atoms with Gasteiger partial charge in [-0.25, -0.2) is 0 Å². The third kappa shape index (κ3) is 12.9. The Morgan fingerprint density at radius 1 is 0.800 bits per heavy atom. The fourth-order valence-corrected chi connectivity index (χ4v) is 1.26. The number of unbranched alkanes of at least 4 members (excludes halogenated alkanes) is 2. The molecule has 4 nitrogen and oxygen atoms in total. The van der Waals surface area contributed by atoms with Gasteiger partial charge >= 0.3 is 11.9 Å². The first-order chi connectivity index (χ1) is 9.70. The lowest BCUT2D eigenvalue weighted by atomic mass is 10.3. The van der Waals surface area contributed by atoms with Gasteiger partial charge in [-0.05, 0) is 12.8 Å². The molecule has 4 heteroatoms. The number of hydrogen-bond donors (Lipinski definition) is 0. The predicted octanol–water partition coefficient (Wildman–Crippen LogP) is 3.57. The summed E-state index contributed by atoms with van der Waals surface area (Å²) in [6.45, 7) is 5.07. The molecule has 114 valence electrons. The van der Waals surface area contributed by atoms with Gasteiger partial charge in [0.15, 0.2) is 0 Å². The van der Waals surface area contributed by atoms with Crippen molar-refractivity contribution in [2.75, 3.05) is 13.2 Å². The lowest BCUT2D eigenvalue weighted by Gasteiger charge is -2.00. The molecule has 0 heterocycles. The van der Waals surface area contributed by atoms with E-state index in [4.69, 9.17) is 9.47 Å². The molecule has 0 aliphatic rings. The summed E-state index contributed by atoms with van der Waals surface area (Å²) in [5.41, 5.74) is 0. The molecule has 0 bridgehead atoms. The monoisotopic (exact) mass is 282 g/mol. The molecule has 0 aliphatic heterocycles. The average Bonchev–Trinajstić information content (AvgIpc) is 2.43. The Labute approximate surface area is 121 Å². The van der Waals surface area contributed by atoms with Crippen LogP contribution in [-0.4, -0.2) is 25.2 Å². The molecular weight excluding hydrogens is 256 g/mol. The quantitative estimate of drug-likeness (QED) is 0.330. The Morgan fingerprint density at radius 3 is 1.55 bits per heavy atom. The molecule has 0 spiro atoms. The normalized spacial score (nSPS) is 11.1. The van der Waals surface area contributed by atoms with Crippen molar-refractivity contribution < 1.29 is 19.1 Å². The van der Waals surface area contributed by atoms with Crippen molar-refractivity contribution in [1.82, 2.24) is 0 Å². The predicted molar refractivity (Wildman–Crippen MR) is 79.2 cm³/mol. The van der Waals surface area contributed by atoms with Gasteiger partial charge in [0.1, 0.15) is 0 Å². The van der Waals surface area contributed by atoms with E-state index < -0.39 is 0 Å². The van der Waals surface area contributed by atoms with Gasteiger partial charge < -0.3 is 9.47 Å². The number of ether oxygens (including phenoxy) is 2. The molecule has 0 saturated carbocycles. The summed E-state index contributed by atoms with van der Waals surface area (Å²) in [7, 11) is 0. The minimum atomic E-state index is -0.220. The Balaban J connectivity index is 3.60. The molecule has 0 unspecified atom stereocenters. The van der Waals surface area contributed by atoms with Crippen molar-refractivity contribution >= 4 is 11.9 Å². The van der Waals surface area contributed by atoms with E-state index >= 15 is 0 Å². The van der Waals surface area contributed by atoms with Crippen LogP contribution < -0.4 is 0 Å². The van der Waals surface area contributed by atoms with Gasteiger partial charge in [0.25, 0.3) is 0 Å². The fourth-order valence-electron chi connectivity index (χ4n) is 1.26. The van der Waals surface area contributed by atoms with Crippen molar-refractivity contribution in [3.05, 3.63) is 24.3 Å². The smallest absolute Gasteiger partial charge is 0.309 e.